The highest BCUT2D eigenvalue weighted by Crippen LogP contribution is 2.26. The Morgan fingerprint density at radius 3 is 1.40 bits per heavy atom. The lowest BCUT2D eigenvalue weighted by atomic mass is 9.86. The Balaban J connectivity index is 2.10. The second-order valence-corrected chi connectivity index (χ2v) is 7.62. The first-order valence-corrected chi connectivity index (χ1v) is 8.18. The predicted molar refractivity (Wildman–Crippen MR) is 97.4 cm³/mol. The molecule has 2 aromatic rings. The highest BCUT2D eigenvalue weighted by molar-refractivity contribution is 6.01. The van der Waals surface area contributed by atoms with Gasteiger partial charge in [0.25, 0.3) is 0 Å². The number of ether oxygens (including phenoxy) is 1. The van der Waals surface area contributed by atoms with Crippen molar-refractivity contribution in [1.29, 1.82) is 0 Å². The van der Waals surface area contributed by atoms with Crippen LogP contribution in [-0.4, -0.2) is 22.3 Å². The van der Waals surface area contributed by atoms with Gasteiger partial charge in [0.15, 0.2) is 11.6 Å². The van der Waals surface area contributed by atoms with Crippen LogP contribution in [0.3, 0.4) is 0 Å². The molecule has 0 radical (unpaired) electrons. The molecule has 0 atom stereocenters. The number of hydrogen-bond donors (Lipinski definition) is 1. The van der Waals surface area contributed by atoms with Crippen LogP contribution in [-0.2, 0) is 0 Å². The molecule has 0 amide bonds. The first-order valence-electron chi connectivity index (χ1n) is 8.18. The van der Waals surface area contributed by atoms with E-state index in [1.54, 1.807) is 48.5 Å². The average Bonchev–Trinajstić information content (AvgIpc) is 2.53. The first kappa shape index (κ1) is 18.9. The molecule has 0 bridgehead atoms. The minimum absolute atomic E-state index is 0.0773. The Morgan fingerprint density at radius 1 is 0.720 bits per heavy atom. The summed E-state index contributed by atoms with van der Waals surface area (Å²) in [6.45, 7) is 8.57. The molecule has 2 rings (SSSR count). The van der Waals surface area contributed by atoms with E-state index in [0.29, 0.717) is 22.6 Å². The van der Waals surface area contributed by atoms with Crippen LogP contribution in [0.1, 0.15) is 55.3 Å². The van der Waals surface area contributed by atoms with Gasteiger partial charge in [-0.15, -0.1) is 0 Å². The van der Waals surface area contributed by atoms with Crippen LogP contribution in [0.15, 0.2) is 48.5 Å². The molecule has 0 unspecified atom stereocenters. The second kappa shape index (κ2) is 6.81. The molecule has 0 saturated carbocycles. The molecule has 0 saturated heterocycles. The SMILES string of the molecule is CC(C)(C)C(=O)c1ccc(Oc2ccc(C(=O)C(C)(C)O)cc2)cc1. The summed E-state index contributed by atoms with van der Waals surface area (Å²) in [6.07, 6.45) is 0. The Labute approximate surface area is 148 Å². The molecule has 1 N–H and O–H groups in total. The summed E-state index contributed by atoms with van der Waals surface area (Å²) in [4.78, 5) is 24.2. The molecule has 2 aromatic carbocycles. The molecule has 0 aliphatic heterocycles. The van der Waals surface area contributed by atoms with Crippen LogP contribution in [0.2, 0.25) is 0 Å². The van der Waals surface area contributed by atoms with E-state index in [2.05, 4.69) is 0 Å². The maximum Gasteiger partial charge on any atom is 0.193 e. The van der Waals surface area contributed by atoms with E-state index in [1.165, 1.54) is 13.8 Å². The smallest absolute Gasteiger partial charge is 0.193 e. The van der Waals surface area contributed by atoms with Crippen molar-refractivity contribution >= 4 is 11.6 Å². The highest BCUT2D eigenvalue weighted by Gasteiger charge is 2.25. The molecule has 0 spiro atoms. The van der Waals surface area contributed by atoms with E-state index in [1.807, 2.05) is 20.8 Å². The fraction of sp³-hybridized carbons (Fsp3) is 0.333. The molecular formula is C21H24O4. The van der Waals surface area contributed by atoms with Crippen molar-refractivity contribution in [1.82, 2.24) is 0 Å². The van der Waals surface area contributed by atoms with Crippen molar-refractivity contribution in [2.75, 3.05) is 0 Å². The predicted octanol–water partition coefficient (Wildman–Crippen LogP) is 4.66. The number of rotatable bonds is 5. The lowest BCUT2D eigenvalue weighted by Crippen LogP contribution is -2.30. The maximum absolute atomic E-state index is 12.2. The Hall–Kier alpha value is -2.46. The number of Topliss-reactive ketones (excluding diaryl/α,β-unsaturated/α-hetero) is 2. The molecular weight excluding hydrogens is 316 g/mol. The number of hydrogen-bond acceptors (Lipinski definition) is 4. The molecule has 0 heterocycles. The lowest BCUT2D eigenvalue weighted by molar-refractivity contribution is 0.0488. The van der Waals surface area contributed by atoms with Crippen LogP contribution >= 0.6 is 0 Å². The third-order valence-electron chi connectivity index (χ3n) is 3.71. The van der Waals surface area contributed by atoms with Gasteiger partial charge in [-0.25, -0.2) is 0 Å². The van der Waals surface area contributed by atoms with Crippen LogP contribution < -0.4 is 4.74 Å². The monoisotopic (exact) mass is 340 g/mol. The molecule has 0 aromatic heterocycles. The van der Waals surface area contributed by atoms with Crippen LogP contribution in [0.5, 0.6) is 11.5 Å². The largest absolute Gasteiger partial charge is 0.457 e. The number of carbonyl (C=O) groups excluding carboxylic acids is 2. The third-order valence-corrected chi connectivity index (χ3v) is 3.71. The van der Waals surface area contributed by atoms with E-state index in [9.17, 15) is 14.7 Å². The van der Waals surface area contributed by atoms with Crippen LogP contribution in [0.4, 0.5) is 0 Å². The van der Waals surface area contributed by atoms with Gasteiger partial charge in [-0.3, -0.25) is 9.59 Å². The van der Waals surface area contributed by atoms with E-state index < -0.39 is 11.0 Å². The number of carbonyl (C=O) groups is 2. The molecule has 0 fully saturated rings. The fourth-order valence-electron chi connectivity index (χ4n) is 2.27. The van der Waals surface area contributed by atoms with Crippen LogP contribution in [0, 0.1) is 5.41 Å². The van der Waals surface area contributed by atoms with E-state index in [0.717, 1.165) is 0 Å². The summed E-state index contributed by atoms with van der Waals surface area (Å²) in [5.41, 5.74) is -0.764. The minimum atomic E-state index is -1.40. The number of aliphatic hydroxyl groups is 1. The minimum Gasteiger partial charge on any atom is -0.457 e. The first-order chi connectivity index (χ1) is 11.5. The van der Waals surface area contributed by atoms with Gasteiger partial charge in [0.05, 0.1) is 0 Å². The average molecular weight is 340 g/mol. The Kier molecular flexibility index (Phi) is 5.14. The van der Waals surface area contributed by atoms with Crippen molar-refractivity contribution in [3.63, 3.8) is 0 Å². The summed E-state index contributed by atoms with van der Waals surface area (Å²) in [7, 11) is 0. The molecule has 0 aliphatic rings. The lowest BCUT2D eigenvalue weighted by Gasteiger charge is -2.17. The summed E-state index contributed by atoms with van der Waals surface area (Å²) in [5, 5.41) is 9.76. The zero-order chi connectivity index (χ0) is 18.8. The van der Waals surface area contributed by atoms with Crippen molar-refractivity contribution in [3.05, 3.63) is 59.7 Å². The highest BCUT2D eigenvalue weighted by atomic mass is 16.5. The molecule has 25 heavy (non-hydrogen) atoms. The van der Waals surface area contributed by atoms with Gasteiger partial charge in [0, 0.05) is 16.5 Å². The molecule has 132 valence electrons. The van der Waals surface area contributed by atoms with E-state index in [4.69, 9.17) is 4.74 Å². The standard InChI is InChI=1S/C21H24O4/c1-20(2,3)18(22)14-6-10-16(11-7-14)25-17-12-8-15(9-13-17)19(23)21(4,5)24/h6-13,24H,1-5H3. The molecule has 0 aliphatic carbocycles. The number of ketones is 2. The zero-order valence-corrected chi connectivity index (χ0v) is 15.3. The summed E-state index contributed by atoms with van der Waals surface area (Å²) in [5.74, 6) is 0.909. The van der Waals surface area contributed by atoms with Gasteiger partial charge in [0.1, 0.15) is 17.1 Å². The van der Waals surface area contributed by atoms with Crippen LogP contribution in [0.25, 0.3) is 0 Å². The van der Waals surface area contributed by atoms with Gasteiger partial charge in [-0.2, -0.15) is 0 Å². The zero-order valence-electron chi connectivity index (χ0n) is 15.3. The van der Waals surface area contributed by atoms with Gasteiger partial charge in [-0.1, -0.05) is 20.8 Å². The van der Waals surface area contributed by atoms with Crippen molar-refractivity contribution in [2.24, 2.45) is 5.41 Å². The van der Waals surface area contributed by atoms with Gasteiger partial charge < -0.3 is 9.84 Å². The van der Waals surface area contributed by atoms with Gasteiger partial charge >= 0.3 is 0 Å². The van der Waals surface area contributed by atoms with Crippen molar-refractivity contribution in [3.8, 4) is 11.5 Å². The molecule has 4 nitrogen and oxygen atoms in total. The Bertz CT molecular complexity index is 690. The molecule has 4 heteroatoms. The fourth-order valence-corrected chi connectivity index (χ4v) is 2.27. The summed E-state index contributed by atoms with van der Waals surface area (Å²) >= 11 is 0. The van der Waals surface area contributed by atoms with Gasteiger partial charge in [0.2, 0.25) is 0 Å². The van der Waals surface area contributed by atoms with E-state index >= 15 is 0 Å². The maximum atomic E-state index is 12.2. The topological polar surface area (TPSA) is 63.6 Å². The van der Waals surface area contributed by atoms with Crippen molar-refractivity contribution < 1.29 is 19.4 Å². The normalized spacial score (nSPS) is 11.9. The number of benzene rings is 2. The third kappa shape index (κ3) is 4.77. The van der Waals surface area contributed by atoms with Crippen molar-refractivity contribution in [2.45, 2.75) is 40.2 Å². The van der Waals surface area contributed by atoms with Gasteiger partial charge in [-0.05, 0) is 62.4 Å². The Morgan fingerprint density at radius 2 is 1.08 bits per heavy atom. The second-order valence-electron chi connectivity index (χ2n) is 7.62. The summed E-state index contributed by atoms with van der Waals surface area (Å²) < 4.78 is 5.73. The quantitative estimate of drug-likeness (QED) is 0.804. The van der Waals surface area contributed by atoms with E-state index in [-0.39, 0.29) is 11.6 Å². The summed E-state index contributed by atoms with van der Waals surface area (Å²) in [6, 6.07) is 13.6.